The minimum atomic E-state index is -0.135. The second-order valence-electron chi connectivity index (χ2n) is 8.97. The van der Waals surface area contributed by atoms with Crippen LogP contribution in [0.4, 0.5) is 0 Å². The molecular formula is C28H38O4. The van der Waals surface area contributed by atoms with E-state index >= 15 is 0 Å². The van der Waals surface area contributed by atoms with Crippen molar-refractivity contribution in [2.45, 2.75) is 65.7 Å². The first-order valence-electron chi connectivity index (χ1n) is 11.6. The van der Waals surface area contributed by atoms with Crippen molar-refractivity contribution in [3.05, 3.63) is 59.2 Å². The van der Waals surface area contributed by atoms with Crippen LogP contribution < -0.4 is 14.2 Å². The van der Waals surface area contributed by atoms with Crippen molar-refractivity contribution in [3.63, 3.8) is 0 Å². The zero-order valence-corrected chi connectivity index (χ0v) is 20.5. The predicted octanol–water partition coefficient (Wildman–Crippen LogP) is 7.25. The number of hydrogen-bond acceptors (Lipinski definition) is 4. The maximum atomic E-state index is 12.6. The third-order valence-electron chi connectivity index (χ3n) is 5.15. The summed E-state index contributed by atoms with van der Waals surface area (Å²) in [5.74, 6) is 2.33. The summed E-state index contributed by atoms with van der Waals surface area (Å²) in [7, 11) is 1.61. The van der Waals surface area contributed by atoms with Crippen molar-refractivity contribution < 1.29 is 19.0 Å². The van der Waals surface area contributed by atoms with E-state index in [1.807, 2.05) is 18.2 Å². The minimum absolute atomic E-state index is 0.0607. The smallest absolute Gasteiger partial charge is 0.185 e. The Labute approximate surface area is 193 Å². The molecule has 0 saturated heterocycles. The molecule has 2 aromatic carbocycles. The van der Waals surface area contributed by atoms with Crippen LogP contribution in [0.3, 0.4) is 0 Å². The Morgan fingerprint density at radius 2 is 1.44 bits per heavy atom. The van der Waals surface area contributed by atoms with Gasteiger partial charge in [-0.05, 0) is 66.3 Å². The van der Waals surface area contributed by atoms with Crippen LogP contribution in [-0.2, 0) is 5.41 Å². The quantitative estimate of drug-likeness (QED) is 0.199. The van der Waals surface area contributed by atoms with E-state index in [0.717, 1.165) is 54.1 Å². The number of ketones is 1. The van der Waals surface area contributed by atoms with E-state index in [9.17, 15) is 4.79 Å². The maximum Gasteiger partial charge on any atom is 0.185 e. The number of hydrogen-bond donors (Lipinski definition) is 0. The van der Waals surface area contributed by atoms with Gasteiger partial charge in [-0.2, -0.15) is 0 Å². The normalized spacial score (nSPS) is 11.6. The lowest BCUT2D eigenvalue weighted by atomic mass is 9.84. The lowest BCUT2D eigenvalue weighted by molar-refractivity contribution is 0.104. The van der Waals surface area contributed by atoms with Crippen molar-refractivity contribution >= 4 is 11.9 Å². The number of benzene rings is 2. The molecule has 0 aromatic heterocycles. The van der Waals surface area contributed by atoms with E-state index in [2.05, 4.69) is 34.6 Å². The third kappa shape index (κ3) is 7.44. The first kappa shape index (κ1) is 25.5. The van der Waals surface area contributed by atoms with E-state index < -0.39 is 0 Å². The van der Waals surface area contributed by atoms with Crippen molar-refractivity contribution in [1.29, 1.82) is 0 Å². The molecule has 0 aliphatic rings. The van der Waals surface area contributed by atoms with Crippen molar-refractivity contribution in [3.8, 4) is 17.2 Å². The lowest BCUT2D eigenvalue weighted by Crippen LogP contribution is -2.17. The number of allylic oxidation sites excluding steroid dienone is 1. The molecule has 0 N–H and O–H groups in total. The fourth-order valence-corrected chi connectivity index (χ4v) is 3.35. The summed E-state index contributed by atoms with van der Waals surface area (Å²) in [6, 6.07) is 11.2. The van der Waals surface area contributed by atoms with Gasteiger partial charge in [0.1, 0.15) is 17.2 Å². The van der Waals surface area contributed by atoms with Crippen molar-refractivity contribution in [2.75, 3.05) is 20.3 Å². The van der Waals surface area contributed by atoms with Gasteiger partial charge in [-0.15, -0.1) is 0 Å². The van der Waals surface area contributed by atoms with E-state index in [4.69, 9.17) is 14.2 Å². The standard InChI is InChI=1S/C28H38O4/c1-7-9-17-31-25-19-21(11-16-24(29)22-12-14-23(30-6)15-13-22)20-26(32-18-10-8-2)27(25)28(3,4)5/h11-16,19-20H,7-10,17-18H2,1-6H3. The topological polar surface area (TPSA) is 44.8 Å². The van der Waals surface area contributed by atoms with Gasteiger partial charge in [0.15, 0.2) is 5.78 Å². The summed E-state index contributed by atoms with van der Waals surface area (Å²) in [5, 5.41) is 0. The van der Waals surface area contributed by atoms with Crippen LogP contribution in [0.5, 0.6) is 17.2 Å². The van der Waals surface area contributed by atoms with Gasteiger partial charge in [-0.25, -0.2) is 0 Å². The van der Waals surface area contributed by atoms with E-state index in [-0.39, 0.29) is 11.2 Å². The highest BCUT2D eigenvalue weighted by Gasteiger charge is 2.25. The maximum absolute atomic E-state index is 12.6. The molecule has 0 atom stereocenters. The highest BCUT2D eigenvalue weighted by atomic mass is 16.5. The van der Waals surface area contributed by atoms with Gasteiger partial charge in [0.2, 0.25) is 0 Å². The van der Waals surface area contributed by atoms with Gasteiger partial charge in [-0.1, -0.05) is 53.5 Å². The lowest BCUT2D eigenvalue weighted by Gasteiger charge is -2.26. The Balaban J connectivity index is 2.38. The second kappa shape index (κ2) is 12.3. The molecule has 0 unspecified atom stereocenters. The molecule has 4 heteroatoms. The molecule has 0 bridgehead atoms. The van der Waals surface area contributed by atoms with Gasteiger partial charge >= 0.3 is 0 Å². The molecule has 0 aliphatic carbocycles. The molecule has 174 valence electrons. The van der Waals surface area contributed by atoms with Crippen molar-refractivity contribution in [2.24, 2.45) is 0 Å². The third-order valence-corrected chi connectivity index (χ3v) is 5.15. The van der Waals surface area contributed by atoms with E-state index in [1.54, 1.807) is 37.5 Å². The SMILES string of the molecule is CCCCOc1cc(C=CC(=O)c2ccc(OC)cc2)cc(OCCCC)c1C(C)(C)C. The van der Waals surface area contributed by atoms with Crippen molar-refractivity contribution in [1.82, 2.24) is 0 Å². The zero-order chi connectivity index (χ0) is 23.6. The molecule has 0 spiro atoms. The molecule has 4 nitrogen and oxygen atoms in total. The van der Waals surface area contributed by atoms with Gasteiger partial charge in [0.05, 0.1) is 20.3 Å². The number of unbranched alkanes of at least 4 members (excludes halogenated alkanes) is 2. The van der Waals surface area contributed by atoms with E-state index in [1.165, 1.54) is 0 Å². The molecule has 0 amide bonds. The first-order chi connectivity index (χ1) is 15.3. The second-order valence-corrected chi connectivity index (χ2v) is 8.97. The van der Waals surface area contributed by atoms with Crippen LogP contribution in [0.2, 0.25) is 0 Å². The van der Waals surface area contributed by atoms with Crippen LogP contribution in [0, 0.1) is 0 Å². The molecule has 0 fully saturated rings. The highest BCUT2D eigenvalue weighted by Crippen LogP contribution is 2.40. The van der Waals surface area contributed by atoms with Gasteiger partial charge in [-0.3, -0.25) is 4.79 Å². The monoisotopic (exact) mass is 438 g/mol. The Kier molecular flexibility index (Phi) is 9.83. The highest BCUT2D eigenvalue weighted by molar-refractivity contribution is 6.06. The molecule has 0 heterocycles. The fraction of sp³-hybridized carbons (Fsp3) is 0.464. The molecule has 0 saturated carbocycles. The summed E-state index contributed by atoms with van der Waals surface area (Å²) in [6.45, 7) is 12.1. The molecule has 0 radical (unpaired) electrons. The summed E-state index contributed by atoms with van der Waals surface area (Å²) in [6.07, 6.45) is 7.55. The number of carbonyl (C=O) groups excluding carboxylic acids is 1. The average molecular weight is 439 g/mol. The minimum Gasteiger partial charge on any atom is -0.497 e. The van der Waals surface area contributed by atoms with Crippen LogP contribution in [0.1, 0.15) is 81.8 Å². The van der Waals surface area contributed by atoms with Gasteiger partial charge in [0, 0.05) is 11.1 Å². The Morgan fingerprint density at radius 1 is 0.906 bits per heavy atom. The largest absolute Gasteiger partial charge is 0.497 e. The number of carbonyl (C=O) groups is 1. The van der Waals surface area contributed by atoms with Crippen LogP contribution in [-0.4, -0.2) is 26.1 Å². The van der Waals surface area contributed by atoms with E-state index in [0.29, 0.717) is 18.8 Å². The summed E-state index contributed by atoms with van der Waals surface area (Å²) in [5.41, 5.74) is 2.44. The molecule has 2 aromatic rings. The molecule has 2 rings (SSSR count). The zero-order valence-electron chi connectivity index (χ0n) is 20.5. The molecule has 0 aliphatic heterocycles. The number of methoxy groups -OCH3 is 1. The summed E-state index contributed by atoms with van der Waals surface area (Å²) >= 11 is 0. The van der Waals surface area contributed by atoms with Gasteiger partial charge in [0.25, 0.3) is 0 Å². The Hall–Kier alpha value is -2.75. The average Bonchev–Trinajstić information content (AvgIpc) is 2.77. The summed E-state index contributed by atoms with van der Waals surface area (Å²) in [4.78, 5) is 12.6. The number of rotatable bonds is 12. The van der Waals surface area contributed by atoms with Crippen LogP contribution >= 0.6 is 0 Å². The fourth-order valence-electron chi connectivity index (χ4n) is 3.35. The van der Waals surface area contributed by atoms with Crippen LogP contribution in [0.25, 0.3) is 6.08 Å². The predicted molar refractivity (Wildman–Crippen MR) is 132 cm³/mol. The Bertz CT molecular complexity index is 858. The Morgan fingerprint density at radius 3 is 1.88 bits per heavy atom. The first-order valence-corrected chi connectivity index (χ1v) is 11.6. The molecule has 32 heavy (non-hydrogen) atoms. The number of ether oxygens (including phenoxy) is 3. The van der Waals surface area contributed by atoms with Crippen LogP contribution in [0.15, 0.2) is 42.5 Å². The summed E-state index contributed by atoms with van der Waals surface area (Å²) < 4.78 is 17.6. The van der Waals surface area contributed by atoms with Gasteiger partial charge < -0.3 is 14.2 Å². The molecular weight excluding hydrogens is 400 g/mol.